The van der Waals surface area contributed by atoms with E-state index in [1.165, 1.54) is 21.5 Å². The molecule has 3 heteroatoms. The average Bonchev–Trinajstić information content (AvgIpc) is 2.75. The monoisotopic (exact) mass is 468 g/mol. The van der Waals surface area contributed by atoms with Crippen LogP contribution in [-0.4, -0.2) is 0 Å². The van der Waals surface area contributed by atoms with Gasteiger partial charge in [0, 0.05) is 0 Å². The van der Waals surface area contributed by atoms with Crippen LogP contribution in [0.3, 0.4) is 0 Å². The molecule has 0 bridgehead atoms. The summed E-state index contributed by atoms with van der Waals surface area (Å²) >= 11 is 0. The number of hydrogen-bond donors (Lipinski definition) is 0. The fourth-order valence-electron chi connectivity index (χ4n) is 3.88. The molecule has 1 atom stereocenters. The minimum atomic E-state index is -2.16. The fraction of sp³-hybridized carbons (Fsp3) is 0.0400. The molecule has 0 saturated carbocycles. The number of benzene rings is 4. The van der Waals surface area contributed by atoms with E-state index in [0.29, 0.717) is 0 Å². The van der Waals surface area contributed by atoms with Gasteiger partial charge in [0.1, 0.15) is 0 Å². The van der Waals surface area contributed by atoms with Crippen molar-refractivity contribution in [2.24, 2.45) is 0 Å². The summed E-state index contributed by atoms with van der Waals surface area (Å²) in [6.45, 7) is 0. The number of hydrogen-bond acceptors (Lipinski definition) is 0. The Morgan fingerprint density at radius 3 is 1.04 bits per heavy atom. The van der Waals surface area contributed by atoms with Crippen LogP contribution in [0.4, 0.5) is 0 Å². The molecule has 4 aromatic rings. The third-order valence-corrected chi connectivity index (χ3v) is 10.0. The Hall–Kier alpha value is -1.78. The molecule has 0 spiro atoms. The first kappa shape index (κ1) is 22.5. The molecule has 0 heterocycles. The standard InChI is InChI=1S/C25H23P.BrH.H3P/c1-5-13-22(14-6-1)21-26(23-15-7-2-8-16-23,24-17-9-3-10-18-24)25-19-11-4-12-20-25;;/h1-20,26H,21H2;1H;1H3. The Labute approximate surface area is 182 Å². The molecular weight excluding hydrogens is 442 g/mol. The summed E-state index contributed by atoms with van der Waals surface area (Å²) in [7, 11) is -2.16. The SMILES string of the molecule is Br.P.c1ccc(C[PH](c2ccccc2)(c2ccccc2)c2ccccc2)cc1. The first-order chi connectivity index (χ1) is 12.9. The van der Waals surface area contributed by atoms with Crippen molar-refractivity contribution in [3.05, 3.63) is 127 Å². The van der Waals surface area contributed by atoms with Gasteiger partial charge in [0.2, 0.25) is 0 Å². The molecule has 0 fully saturated rings. The van der Waals surface area contributed by atoms with Crippen LogP contribution in [0.15, 0.2) is 121 Å². The van der Waals surface area contributed by atoms with Crippen LogP contribution in [-0.2, 0) is 6.16 Å². The second kappa shape index (κ2) is 10.7. The molecule has 0 aliphatic carbocycles. The zero-order valence-corrected chi connectivity index (χ0v) is 20.0. The van der Waals surface area contributed by atoms with Crippen LogP contribution in [0, 0.1) is 0 Å². The molecule has 4 rings (SSSR count). The molecule has 0 amide bonds. The zero-order chi connectivity index (χ0) is 17.7. The van der Waals surface area contributed by atoms with Gasteiger partial charge in [0.05, 0.1) is 0 Å². The van der Waals surface area contributed by atoms with Crippen molar-refractivity contribution < 1.29 is 0 Å². The summed E-state index contributed by atoms with van der Waals surface area (Å²) in [6.07, 6.45) is 1.06. The first-order valence-corrected chi connectivity index (χ1v) is 11.3. The van der Waals surface area contributed by atoms with Crippen LogP contribution in [0.5, 0.6) is 0 Å². The molecule has 0 saturated heterocycles. The van der Waals surface area contributed by atoms with E-state index in [-0.39, 0.29) is 26.9 Å². The van der Waals surface area contributed by atoms with Crippen LogP contribution in [0.2, 0.25) is 0 Å². The van der Waals surface area contributed by atoms with Gasteiger partial charge >= 0.3 is 156 Å². The van der Waals surface area contributed by atoms with Crippen LogP contribution in [0.25, 0.3) is 0 Å². The molecule has 0 aromatic heterocycles. The van der Waals surface area contributed by atoms with Gasteiger partial charge < -0.3 is 0 Å². The van der Waals surface area contributed by atoms with Crippen LogP contribution in [0.1, 0.15) is 5.56 Å². The van der Waals surface area contributed by atoms with E-state index in [0.717, 1.165) is 6.16 Å². The van der Waals surface area contributed by atoms with Crippen molar-refractivity contribution in [1.29, 1.82) is 0 Å². The van der Waals surface area contributed by atoms with Gasteiger partial charge in [0.15, 0.2) is 0 Å². The van der Waals surface area contributed by atoms with Gasteiger partial charge in [-0.25, -0.2) is 0 Å². The van der Waals surface area contributed by atoms with Crippen molar-refractivity contribution in [3.63, 3.8) is 0 Å². The second-order valence-corrected chi connectivity index (χ2v) is 10.6. The van der Waals surface area contributed by atoms with E-state index < -0.39 is 7.26 Å². The van der Waals surface area contributed by atoms with E-state index in [1.54, 1.807) is 0 Å². The Bertz CT molecular complexity index is 846. The van der Waals surface area contributed by atoms with Gasteiger partial charge in [-0.05, 0) is 0 Å². The van der Waals surface area contributed by atoms with Crippen molar-refractivity contribution in [1.82, 2.24) is 0 Å². The van der Waals surface area contributed by atoms with Gasteiger partial charge in [-0.15, -0.1) is 17.0 Å². The maximum absolute atomic E-state index is 2.31. The summed E-state index contributed by atoms with van der Waals surface area (Å²) in [5.41, 5.74) is 1.40. The summed E-state index contributed by atoms with van der Waals surface area (Å²) in [4.78, 5) is 0. The van der Waals surface area contributed by atoms with E-state index in [1.807, 2.05) is 0 Å². The Kier molecular flexibility index (Phi) is 8.58. The summed E-state index contributed by atoms with van der Waals surface area (Å²) in [5.74, 6) is 0. The predicted molar refractivity (Wildman–Crippen MR) is 138 cm³/mol. The van der Waals surface area contributed by atoms with Gasteiger partial charge in [0.25, 0.3) is 0 Å². The maximum atomic E-state index is 2.31. The summed E-state index contributed by atoms with van der Waals surface area (Å²) in [5, 5.41) is 4.38. The Morgan fingerprint density at radius 1 is 0.429 bits per heavy atom. The van der Waals surface area contributed by atoms with Gasteiger partial charge in [-0.2, -0.15) is 9.90 Å². The molecule has 0 aliphatic rings. The third kappa shape index (κ3) is 4.61. The van der Waals surface area contributed by atoms with Gasteiger partial charge in [-0.3, -0.25) is 0 Å². The molecule has 4 aromatic carbocycles. The van der Waals surface area contributed by atoms with E-state index in [2.05, 4.69) is 121 Å². The fourth-order valence-corrected chi connectivity index (χ4v) is 8.62. The third-order valence-electron chi connectivity index (χ3n) is 5.11. The summed E-state index contributed by atoms with van der Waals surface area (Å²) in [6, 6.07) is 44.2. The molecular formula is C25H27BrP2. The minimum absolute atomic E-state index is 0. The normalized spacial score (nSPS) is 11.0. The summed E-state index contributed by atoms with van der Waals surface area (Å²) < 4.78 is 0. The van der Waals surface area contributed by atoms with E-state index in [4.69, 9.17) is 0 Å². The molecule has 144 valence electrons. The van der Waals surface area contributed by atoms with Crippen LogP contribution >= 0.6 is 34.1 Å². The quantitative estimate of drug-likeness (QED) is 0.337. The zero-order valence-electron chi connectivity index (χ0n) is 15.9. The average molecular weight is 469 g/mol. The molecule has 0 aliphatic heterocycles. The Morgan fingerprint density at radius 2 is 0.714 bits per heavy atom. The number of halogens is 1. The molecule has 28 heavy (non-hydrogen) atoms. The molecule has 0 nitrogen and oxygen atoms in total. The second-order valence-electron chi connectivity index (χ2n) is 6.67. The van der Waals surface area contributed by atoms with E-state index in [9.17, 15) is 0 Å². The number of rotatable bonds is 5. The molecule has 1 unspecified atom stereocenters. The van der Waals surface area contributed by atoms with Gasteiger partial charge in [-0.1, -0.05) is 0 Å². The van der Waals surface area contributed by atoms with Crippen LogP contribution < -0.4 is 15.9 Å². The van der Waals surface area contributed by atoms with Crippen molar-refractivity contribution in [3.8, 4) is 0 Å². The molecule has 0 radical (unpaired) electrons. The van der Waals surface area contributed by atoms with Crippen molar-refractivity contribution in [2.45, 2.75) is 6.16 Å². The first-order valence-electron chi connectivity index (χ1n) is 9.10. The Balaban J connectivity index is 0.00000140. The van der Waals surface area contributed by atoms with Crippen molar-refractivity contribution >= 4 is 50.1 Å². The topological polar surface area (TPSA) is 0 Å². The van der Waals surface area contributed by atoms with E-state index >= 15 is 0 Å². The molecule has 0 N–H and O–H groups in total. The van der Waals surface area contributed by atoms with Crippen molar-refractivity contribution in [2.75, 3.05) is 0 Å². The predicted octanol–water partition coefficient (Wildman–Crippen LogP) is 5.55.